The van der Waals surface area contributed by atoms with Gasteiger partial charge in [0.25, 0.3) is 0 Å². The van der Waals surface area contributed by atoms with E-state index in [1.807, 2.05) is 0 Å². The van der Waals surface area contributed by atoms with E-state index in [9.17, 15) is 9.59 Å². The van der Waals surface area contributed by atoms with E-state index in [-0.39, 0.29) is 18.5 Å². The summed E-state index contributed by atoms with van der Waals surface area (Å²) >= 11 is 0. The molecule has 0 aromatic heterocycles. The van der Waals surface area contributed by atoms with Crippen LogP contribution in [0.3, 0.4) is 0 Å². The Balaban J connectivity index is 4.03. The summed E-state index contributed by atoms with van der Waals surface area (Å²) in [6.07, 6.45) is 52.0. The van der Waals surface area contributed by atoms with Crippen molar-refractivity contribution in [1.82, 2.24) is 0 Å². The summed E-state index contributed by atoms with van der Waals surface area (Å²) in [4.78, 5) is 23.3. The van der Waals surface area contributed by atoms with Crippen molar-refractivity contribution in [2.24, 2.45) is 0 Å². The largest absolute Gasteiger partial charge is 0.481 e. The van der Waals surface area contributed by atoms with Gasteiger partial charge in [0, 0.05) is 12.8 Å². The molecule has 46 heavy (non-hydrogen) atoms. The first-order valence-corrected chi connectivity index (χ1v) is 18.9. The first kappa shape index (κ1) is 43.4. The lowest BCUT2D eigenvalue weighted by atomic mass is 10.0. The second-order valence-electron chi connectivity index (χ2n) is 12.4. The molecule has 1 unspecified atom stereocenters. The summed E-state index contributed by atoms with van der Waals surface area (Å²) in [5.74, 6) is -0.809. The first-order valence-electron chi connectivity index (χ1n) is 18.9. The van der Waals surface area contributed by atoms with Crippen LogP contribution in [0.4, 0.5) is 0 Å². The molecule has 0 saturated heterocycles. The van der Waals surface area contributed by atoms with Crippen LogP contribution in [0.2, 0.25) is 0 Å². The van der Waals surface area contributed by atoms with Gasteiger partial charge in [-0.1, -0.05) is 145 Å². The fraction of sp³-hybridized carbons (Fsp3) is 0.667. The molecule has 1 atom stereocenters. The highest BCUT2D eigenvalue weighted by atomic mass is 16.5. The van der Waals surface area contributed by atoms with Crippen molar-refractivity contribution in [3.05, 3.63) is 72.9 Å². The van der Waals surface area contributed by atoms with Crippen LogP contribution in [0, 0.1) is 0 Å². The van der Waals surface area contributed by atoms with Gasteiger partial charge in [0.1, 0.15) is 6.10 Å². The van der Waals surface area contributed by atoms with E-state index in [0.29, 0.717) is 12.8 Å². The number of unbranched alkanes of at least 4 members (excludes halogenated alkanes) is 12. The quantitative estimate of drug-likeness (QED) is 0.0441. The van der Waals surface area contributed by atoms with Crippen molar-refractivity contribution < 1.29 is 19.4 Å². The van der Waals surface area contributed by atoms with Gasteiger partial charge in [0.05, 0.1) is 0 Å². The number of aliphatic carboxylic acids is 1. The number of ether oxygens (including phenoxy) is 1. The van der Waals surface area contributed by atoms with Gasteiger partial charge in [-0.3, -0.25) is 9.59 Å². The van der Waals surface area contributed by atoms with Gasteiger partial charge in [-0.25, -0.2) is 0 Å². The Morgan fingerprint density at radius 1 is 0.500 bits per heavy atom. The number of rotatable bonds is 33. The molecule has 0 saturated carbocycles. The molecule has 0 aromatic rings. The monoisotopic (exact) mass is 639 g/mol. The zero-order chi connectivity index (χ0) is 33.6. The summed E-state index contributed by atoms with van der Waals surface area (Å²) in [5.41, 5.74) is 0. The Hall–Kier alpha value is -2.62. The van der Waals surface area contributed by atoms with Crippen LogP contribution in [-0.4, -0.2) is 23.1 Å². The molecule has 0 aliphatic carbocycles. The van der Waals surface area contributed by atoms with Crippen molar-refractivity contribution in [3.8, 4) is 0 Å². The van der Waals surface area contributed by atoms with Crippen LogP contribution in [0.15, 0.2) is 72.9 Å². The molecule has 0 amide bonds. The molecule has 4 heteroatoms. The fourth-order valence-corrected chi connectivity index (χ4v) is 5.19. The minimum absolute atomic E-state index is 0.0229. The third-order valence-corrected chi connectivity index (χ3v) is 7.94. The second kappa shape index (κ2) is 36.8. The minimum atomic E-state index is -0.735. The Labute approximate surface area is 284 Å². The number of esters is 1. The van der Waals surface area contributed by atoms with Gasteiger partial charge in [-0.2, -0.15) is 0 Å². The normalized spacial score (nSPS) is 13.1. The Morgan fingerprint density at radius 3 is 1.39 bits per heavy atom. The van der Waals surface area contributed by atoms with Gasteiger partial charge in [0.2, 0.25) is 0 Å². The summed E-state index contributed by atoms with van der Waals surface area (Å²) in [6.45, 7) is 4.41. The maximum Gasteiger partial charge on any atom is 0.306 e. The molecule has 0 aliphatic rings. The third-order valence-electron chi connectivity index (χ3n) is 7.94. The zero-order valence-corrected chi connectivity index (χ0v) is 29.9. The highest BCUT2D eigenvalue weighted by Gasteiger charge is 2.14. The van der Waals surface area contributed by atoms with Crippen LogP contribution in [-0.2, 0) is 14.3 Å². The van der Waals surface area contributed by atoms with E-state index in [2.05, 4.69) is 86.8 Å². The van der Waals surface area contributed by atoms with E-state index < -0.39 is 5.97 Å². The molecule has 0 aromatic carbocycles. The average molecular weight is 639 g/mol. The molecule has 0 fully saturated rings. The van der Waals surface area contributed by atoms with E-state index in [0.717, 1.165) is 89.9 Å². The van der Waals surface area contributed by atoms with Crippen molar-refractivity contribution in [2.75, 3.05) is 0 Å². The predicted octanol–water partition coefficient (Wildman–Crippen LogP) is 13.1. The lowest BCUT2D eigenvalue weighted by Crippen LogP contribution is -2.18. The molecule has 0 rings (SSSR count). The number of allylic oxidation sites excluding steroid dienone is 12. The zero-order valence-electron chi connectivity index (χ0n) is 29.9. The molecular formula is C42H70O4. The van der Waals surface area contributed by atoms with Crippen molar-refractivity contribution >= 4 is 11.9 Å². The molecule has 0 radical (unpaired) electrons. The van der Waals surface area contributed by atoms with E-state index in [1.165, 1.54) is 51.4 Å². The molecular weight excluding hydrogens is 568 g/mol. The van der Waals surface area contributed by atoms with E-state index in [1.54, 1.807) is 0 Å². The molecule has 262 valence electrons. The van der Waals surface area contributed by atoms with Gasteiger partial charge in [0.15, 0.2) is 0 Å². The molecule has 1 N–H and O–H groups in total. The van der Waals surface area contributed by atoms with E-state index >= 15 is 0 Å². The summed E-state index contributed by atoms with van der Waals surface area (Å²) in [7, 11) is 0. The molecule has 0 aliphatic heterocycles. The predicted molar refractivity (Wildman–Crippen MR) is 199 cm³/mol. The number of carboxylic acids is 1. The van der Waals surface area contributed by atoms with Gasteiger partial charge < -0.3 is 9.84 Å². The van der Waals surface area contributed by atoms with Crippen molar-refractivity contribution in [3.63, 3.8) is 0 Å². The van der Waals surface area contributed by atoms with Crippen LogP contribution in [0.5, 0.6) is 0 Å². The maximum atomic E-state index is 12.6. The molecule has 0 bridgehead atoms. The van der Waals surface area contributed by atoms with Crippen LogP contribution in [0.25, 0.3) is 0 Å². The Morgan fingerprint density at radius 2 is 0.913 bits per heavy atom. The lowest BCUT2D eigenvalue weighted by Gasteiger charge is -2.18. The highest BCUT2D eigenvalue weighted by molar-refractivity contribution is 5.69. The lowest BCUT2D eigenvalue weighted by molar-refractivity contribution is -0.150. The molecule has 0 heterocycles. The summed E-state index contributed by atoms with van der Waals surface area (Å²) in [6, 6.07) is 0. The standard InChI is InChI=1S/C42H70O4/c1-3-5-7-9-11-13-14-15-16-17-18-19-20-21-22-23-24-26-28-30-35-39-42(45)46-40(37-33-31-34-38-41(43)44)36-32-29-27-25-12-10-8-6-4-2/h5,7,11,13,15-16,18-19,21-22,24,26,40H,3-4,6,8-10,12,14,17,20,23,25,27-39H2,1-2H3,(H,43,44)/b7-5-,13-11-,16-15-,19-18-,22-21-,26-24-. The summed E-state index contributed by atoms with van der Waals surface area (Å²) < 4.78 is 5.90. The van der Waals surface area contributed by atoms with Gasteiger partial charge in [-0.15, -0.1) is 0 Å². The van der Waals surface area contributed by atoms with Crippen LogP contribution < -0.4 is 0 Å². The van der Waals surface area contributed by atoms with Crippen LogP contribution >= 0.6 is 0 Å². The van der Waals surface area contributed by atoms with Crippen molar-refractivity contribution in [1.29, 1.82) is 0 Å². The topological polar surface area (TPSA) is 63.6 Å². The fourth-order valence-electron chi connectivity index (χ4n) is 5.19. The minimum Gasteiger partial charge on any atom is -0.481 e. The average Bonchev–Trinajstić information content (AvgIpc) is 3.04. The Bertz CT molecular complexity index is 861. The van der Waals surface area contributed by atoms with Crippen LogP contribution in [0.1, 0.15) is 174 Å². The SMILES string of the molecule is CC/C=C\C/C=C\C/C=C\C/C=C\C/C=C\C/C=C\CCCCC(=O)OC(CCCCCCCCCCC)CCCCCC(=O)O. The number of carboxylic acid groups (broad SMARTS) is 1. The number of carbonyl (C=O) groups is 2. The molecule has 4 nitrogen and oxygen atoms in total. The number of hydrogen-bond donors (Lipinski definition) is 1. The maximum absolute atomic E-state index is 12.6. The summed E-state index contributed by atoms with van der Waals surface area (Å²) in [5, 5.41) is 8.87. The second-order valence-corrected chi connectivity index (χ2v) is 12.4. The Kier molecular flexibility index (Phi) is 34.7. The smallest absolute Gasteiger partial charge is 0.306 e. The number of hydrogen-bond acceptors (Lipinski definition) is 3. The van der Waals surface area contributed by atoms with E-state index in [4.69, 9.17) is 9.84 Å². The third kappa shape index (κ3) is 35.9. The van der Waals surface area contributed by atoms with Gasteiger partial charge >= 0.3 is 11.9 Å². The van der Waals surface area contributed by atoms with Crippen molar-refractivity contribution in [2.45, 2.75) is 180 Å². The number of carbonyl (C=O) groups excluding carboxylic acids is 1. The highest BCUT2D eigenvalue weighted by Crippen LogP contribution is 2.18. The first-order chi connectivity index (χ1) is 22.6. The van der Waals surface area contributed by atoms with Gasteiger partial charge in [-0.05, 0) is 89.9 Å². The molecule has 0 spiro atoms.